The van der Waals surface area contributed by atoms with Crippen LogP contribution in [0.1, 0.15) is 61.4 Å². The van der Waals surface area contributed by atoms with Crippen molar-refractivity contribution in [3.8, 4) is 0 Å². The summed E-state index contributed by atoms with van der Waals surface area (Å²) < 4.78 is 0. The third-order valence-corrected chi connectivity index (χ3v) is 7.26. The first kappa shape index (κ1) is 29.7. The molecular weight excluding hydrogens is 538 g/mol. The van der Waals surface area contributed by atoms with Gasteiger partial charge in [0.2, 0.25) is 22.9 Å². The Balaban J connectivity index is 1.16. The SMILES string of the molecule is CC(=O)Nc1ccc(CCCCc2nnc(NC(=O)Cc3cccc(CNC(=O)CC4=CC(C)CC=C4)c3)s2)nn1. The van der Waals surface area contributed by atoms with Crippen LogP contribution in [0.5, 0.6) is 0 Å². The van der Waals surface area contributed by atoms with E-state index >= 15 is 0 Å². The van der Waals surface area contributed by atoms with E-state index in [1.165, 1.54) is 18.3 Å². The molecule has 1 aliphatic rings. The molecule has 1 unspecified atom stereocenters. The van der Waals surface area contributed by atoms with Crippen LogP contribution in [0.25, 0.3) is 0 Å². The Morgan fingerprint density at radius 2 is 1.76 bits per heavy atom. The first-order valence-corrected chi connectivity index (χ1v) is 14.6. The zero-order valence-electron chi connectivity index (χ0n) is 23.4. The Labute approximate surface area is 243 Å². The van der Waals surface area contributed by atoms with Gasteiger partial charge in [0.1, 0.15) is 5.01 Å². The number of nitrogens with zero attached hydrogens (tertiary/aromatic N) is 4. The zero-order valence-corrected chi connectivity index (χ0v) is 24.2. The van der Waals surface area contributed by atoms with Crippen molar-refractivity contribution < 1.29 is 14.4 Å². The number of anilines is 2. The highest BCUT2D eigenvalue weighted by atomic mass is 32.1. The quantitative estimate of drug-likeness (QED) is 0.255. The lowest BCUT2D eigenvalue weighted by atomic mass is 9.96. The van der Waals surface area contributed by atoms with E-state index in [9.17, 15) is 14.4 Å². The summed E-state index contributed by atoms with van der Waals surface area (Å²) in [6, 6.07) is 11.3. The molecule has 2 heterocycles. The number of nitrogens with one attached hydrogen (secondary N) is 3. The predicted molar refractivity (Wildman–Crippen MR) is 159 cm³/mol. The molecule has 0 saturated heterocycles. The van der Waals surface area contributed by atoms with Crippen LogP contribution >= 0.6 is 11.3 Å². The van der Waals surface area contributed by atoms with Gasteiger partial charge in [-0.1, -0.05) is 60.8 Å². The number of allylic oxidation sites excluding steroid dienone is 3. The molecule has 0 saturated carbocycles. The second-order valence-electron chi connectivity index (χ2n) is 10.2. The number of unbranched alkanes of at least 4 members (excludes halogenated alkanes) is 1. The first-order valence-electron chi connectivity index (χ1n) is 13.8. The van der Waals surface area contributed by atoms with Gasteiger partial charge in [0.05, 0.1) is 18.5 Å². The highest BCUT2D eigenvalue weighted by Crippen LogP contribution is 2.19. The van der Waals surface area contributed by atoms with Crippen molar-refractivity contribution in [2.45, 2.75) is 65.3 Å². The Hall–Kier alpha value is -4.25. The van der Waals surface area contributed by atoms with Crippen LogP contribution in [0.2, 0.25) is 0 Å². The van der Waals surface area contributed by atoms with Gasteiger partial charge in [-0.2, -0.15) is 5.10 Å². The second kappa shape index (κ2) is 14.9. The minimum Gasteiger partial charge on any atom is -0.352 e. The minimum atomic E-state index is -0.179. The van der Waals surface area contributed by atoms with Crippen molar-refractivity contribution in [3.63, 3.8) is 0 Å². The van der Waals surface area contributed by atoms with Crippen LogP contribution < -0.4 is 16.0 Å². The van der Waals surface area contributed by atoms with Crippen molar-refractivity contribution in [1.82, 2.24) is 25.7 Å². The normalized spacial score (nSPS) is 14.3. The van der Waals surface area contributed by atoms with Crippen molar-refractivity contribution in [2.24, 2.45) is 5.92 Å². The average Bonchev–Trinajstić information content (AvgIpc) is 3.37. The summed E-state index contributed by atoms with van der Waals surface area (Å²) in [5.74, 6) is 0.544. The van der Waals surface area contributed by atoms with E-state index in [2.05, 4.69) is 55.4 Å². The Kier molecular flexibility index (Phi) is 10.8. The maximum absolute atomic E-state index is 12.6. The first-order chi connectivity index (χ1) is 19.8. The fourth-order valence-electron chi connectivity index (χ4n) is 4.42. The average molecular weight is 574 g/mol. The van der Waals surface area contributed by atoms with Gasteiger partial charge in [0.25, 0.3) is 0 Å². The standard InChI is InChI=1S/C30H35N7O3S/c1-20-7-5-8-22(15-20)17-27(39)31-19-24-10-6-9-23(16-24)18-28(40)33-30-37-36-29(41-30)12-4-3-11-25-13-14-26(35-34-25)32-21(2)38/h5-6,8-10,13-16,20H,3-4,7,11-12,17-19H2,1-2H3,(H,31,39)(H,32,35,38)(H,33,37,40). The molecule has 11 heteroatoms. The van der Waals surface area contributed by atoms with E-state index in [1.54, 1.807) is 6.07 Å². The monoisotopic (exact) mass is 573 g/mol. The van der Waals surface area contributed by atoms with Crippen LogP contribution in [0.4, 0.5) is 10.9 Å². The van der Waals surface area contributed by atoms with E-state index in [4.69, 9.17) is 0 Å². The maximum atomic E-state index is 12.6. The lowest BCUT2D eigenvalue weighted by molar-refractivity contribution is -0.120. The Morgan fingerprint density at radius 3 is 2.54 bits per heavy atom. The van der Waals surface area contributed by atoms with Gasteiger partial charge in [0.15, 0.2) is 5.82 Å². The number of rotatable bonds is 13. The number of amides is 3. The van der Waals surface area contributed by atoms with Crippen molar-refractivity contribution in [3.05, 3.63) is 82.0 Å². The van der Waals surface area contributed by atoms with E-state index in [-0.39, 0.29) is 24.1 Å². The second-order valence-corrected chi connectivity index (χ2v) is 11.2. The zero-order chi connectivity index (χ0) is 29.0. The number of aromatic nitrogens is 4. The summed E-state index contributed by atoms with van der Waals surface area (Å²) in [6.45, 7) is 3.99. The lowest BCUT2D eigenvalue weighted by Gasteiger charge is -2.12. The van der Waals surface area contributed by atoms with Crippen LogP contribution in [0, 0.1) is 5.92 Å². The molecule has 10 nitrogen and oxygen atoms in total. The third-order valence-electron chi connectivity index (χ3n) is 6.36. The smallest absolute Gasteiger partial charge is 0.230 e. The molecular formula is C30H35N7O3S. The molecule has 0 aliphatic heterocycles. The maximum Gasteiger partial charge on any atom is 0.230 e. The summed E-state index contributed by atoms with van der Waals surface area (Å²) in [5.41, 5.74) is 3.71. The molecule has 2 aromatic heterocycles. The van der Waals surface area contributed by atoms with Crippen LogP contribution in [-0.4, -0.2) is 38.1 Å². The molecule has 4 rings (SSSR count). The molecule has 1 aromatic carbocycles. The number of carbonyl (C=O) groups excluding carboxylic acids is 3. The van der Waals surface area contributed by atoms with Crippen LogP contribution in [-0.2, 0) is 40.2 Å². The van der Waals surface area contributed by atoms with Crippen LogP contribution in [0.3, 0.4) is 0 Å². The van der Waals surface area contributed by atoms with Gasteiger partial charge >= 0.3 is 0 Å². The fourth-order valence-corrected chi connectivity index (χ4v) is 5.21. The van der Waals surface area contributed by atoms with Gasteiger partial charge in [0, 0.05) is 19.9 Å². The molecule has 214 valence electrons. The number of hydrogen-bond acceptors (Lipinski definition) is 8. The Bertz CT molecular complexity index is 1420. The van der Waals surface area contributed by atoms with Gasteiger partial charge in [-0.25, -0.2) is 0 Å². The van der Waals surface area contributed by atoms with E-state index < -0.39 is 0 Å². The molecule has 1 atom stereocenters. The lowest BCUT2D eigenvalue weighted by Crippen LogP contribution is -2.23. The van der Waals surface area contributed by atoms with E-state index in [1.807, 2.05) is 36.4 Å². The number of hydrogen-bond donors (Lipinski definition) is 3. The minimum absolute atomic E-state index is 0.0174. The number of benzene rings is 1. The Morgan fingerprint density at radius 1 is 0.927 bits per heavy atom. The summed E-state index contributed by atoms with van der Waals surface area (Å²) in [7, 11) is 0. The molecule has 3 aromatic rings. The molecule has 0 bridgehead atoms. The summed E-state index contributed by atoms with van der Waals surface area (Å²) in [4.78, 5) is 36.1. The molecule has 0 radical (unpaired) electrons. The molecule has 0 spiro atoms. The van der Waals surface area contributed by atoms with Crippen molar-refractivity contribution in [1.29, 1.82) is 0 Å². The van der Waals surface area contributed by atoms with Crippen LogP contribution in [0.15, 0.2) is 60.2 Å². The van der Waals surface area contributed by atoms with Gasteiger partial charge < -0.3 is 16.0 Å². The van der Waals surface area contributed by atoms with E-state index in [0.29, 0.717) is 29.8 Å². The van der Waals surface area contributed by atoms with Crippen molar-refractivity contribution in [2.75, 3.05) is 10.6 Å². The topological polar surface area (TPSA) is 139 Å². The molecule has 41 heavy (non-hydrogen) atoms. The molecule has 3 amide bonds. The number of aryl methyl sites for hydroxylation is 2. The third kappa shape index (κ3) is 10.3. The molecule has 3 N–H and O–H groups in total. The predicted octanol–water partition coefficient (Wildman–Crippen LogP) is 4.56. The largest absolute Gasteiger partial charge is 0.352 e. The summed E-state index contributed by atoms with van der Waals surface area (Å²) in [6.07, 6.45) is 11.2. The van der Waals surface area contributed by atoms with Gasteiger partial charge in [-0.3, -0.25) is 14.4 Å². The summed E-state index contributed by atoms with van der Waals surface area (Å²) >= 11 is 1.38. The highest BCUT2D eigenvalue weighted by Gasteiger charge is 2.11. The molecule has 0 fully saturated rings. The summed E-state index contributed by atoms with van der Waals surface area (Å²) in [5, 5.41) is 26.2. The molecule has 1 aliphatic carbocycles. The van der Waals surface area contributed by atoms with E-state index in [0.717, 1.165) is 59.5 Å². The van der Waals surface area contributed by atoms with Gasteiger partial charge in [-0.05, 0) is 60.4 Å². The fraction of sp³-hybridized carbons (Fsp3) is 0.367. The van der Waals surface area contributed by atoms with Crippen molar-refractivity contribution >= 4 is 40.0 Å². The number of carbonyl (C=O) groups is 3. The van der Waals surface area contributed by atoms with Gasteiger partial charge in [-0.15, -0.1) is 15.3 Å². The highest BCUT2D eigenvalue weighted by molar-refractivity contribution is 7.15.